The minimum absolute atomic E-state index is 0.150. The van der Waals surface area contributed by atoms with Crippen molar-refractivity contribution in [2.75, 3.05) is 13.1 Å². The molecule has 0 radical (unpaired) electrons. The molecule has 2 atom stereocenters. The first-order valence-corrected chi connectivity index (χ1v) is 13.5. The third kappa shape index (κ3) is 5.74. The third-order valence-corrected chi connectivity index (χ3v) is 8.61. The summed E-state index contributed by atoms with van der Waals surface area (Å²) < 4.78 is 66.5. The molecule has 6 nitrogen and oxygen atoms in total. The number of likely N-dealkylation sites (tertiary alicyclic amines) is 1. The Bertz CT molecular complexity index is 1300. The molecule has 5 rings (SSSR count). The summed E-state index contributed by atoms with van der Waals surface area (Å²) in [6.45, 7) is 1.21. The summed E-state index contributed by atoms with van der Waals surface area (Å²) in [7, 11) is 0. The summed E-state index contributed by atoms with van der Waals surface area (Å²) in [5, 5.41) is 6.56. The number of benzene rings is 1. The van der Waals surface area contributed by atoms with Crippen LogP contribution in [0.25, 0.3) is 0 Å². The van der Waals surface area contributed by atoms with Gasteiger partial charge in [-0.2, -0.15) is 13.2 Å². The van der Waals surface area contributed by atoms with Gasteiger partial charge in [-0.25, -0.2) is 18.7 Å². The molecular weight excluding hydrogens is 547 g/mol. The zero-order valence-corrected chi connectivity index (χ0v) is 21.3. The van der Waals surface area contributed by atoms with Gasteiger partial charge in [0.1, 0.15) is 29.0 Å². The Labute approximate surface area is 222 Å². The Morgan fingerprint density at radius 2 is 1.87 bits per heavy atom. The molecule has 1 aromatic carbocycles. The average Bonchev–Trinajstić information content (AvgIpc) is 3.58. The van der Waals surface area contributed by atoms with Gasteiger partial charge < -0.3 is 9.63 Å². The first kappa shape index (κ1) is 26.7. The Morgan fingerprint density at radius 3 is 2.50 bits per heavy atom. The van der Waals surface area contributed by atoms with Crippen molar-refractivity contribution in [3.8, 4) is 0 Å². The van der Waals surface area contributed by atoms with Crippen LogP contribution in [-0.2, 0) is 15.8 Å². The van der Waals surface area contributed by atoms with E-state index in [2.05, 4.69) is 10.1 Å². The van der Waals surface area contributed by atoms with E-state index in [1.807, 2.05) is 10.3 Å². The number of piperidine rings is 1. The maximum Gasteiger partial charge on any atom is 0.417 e. The van der Waals surface area contributed by atoms with Gasteiger partial charge in [0.15, 0.2) is 6.10 Å². The zero-order chi connectivity index (χ0) is 26.9. The van der Waals surface area contributed by atoms with Gasteiger partial charge in [0.2, 0.25) is 0 Å². The van der Waals surface area contributed by atoms with E-state index in [1.165, 1.54) is 35.6 Å². The lowest BCUT2D eigenvalue weighted by Gasteiger charge is -2.34. The molecule has 2 aliphatic heterocycles. The first-order valence-electron chi connectivity index (χ1n) is 11.7. The molecule has 0 bridgehead atoms. The number of aldehydes is 1. The number of thioether (sulfide) groups is 1. The van der Waals surface area contributed by atoms with Crippen LogP contribution in [0.4, 0.5) is 22.0 Å². The number of alkyl halides is 3. The van der Waals surface area contributed by atoms with Gasteiger partial charge in [-0.3, -0.25) is 4.90 Å². The SMILES string of the molecule is O=CC(Sc1ccc(C(F)(F)F)cn1)N1CCC(c2nc(C3=NO[C@@H](c4c(F)cccc4F)C3)cs2)CC1. The Hall–Kier alpha value is -2.90. The van der Waals surface area contributed by atoms with E-state index < -0.39 is 34.9 Å². The number of rotatable bonds is 7. The van der Waals surface area contributed by atoms with Crippen LogP contribution >= 0.6 is 23.1 Å². The van der Waals surface area contributed by atoms with Gasteiger partial charge in [0, 0.05) is 37.0 Å². The van der Waals surface area contributed by atoms with Crippen LogP contribution in [0.2, 0.25) is 0 Å². The highest BCUT2D eigenvalue weighted by molar-refractivity contribution is 8.00. The van der Waals surface area contributed by atoms with Crippen molar-refractivity contribution in [1.29, 1.82) is 0 Å². The Balaban J connectivity index is 1.17. The molecule has 0 saturated carbocycles. The third-order valence-electron chi connectivity index (χ3n) is 6.47. The van der Waals surface area contributed by atoms with Gasteiger partial charge in [0.05, 0.1) is 26.9 Å². The van der Waals surface area contributed by atoms with E-state index >= 15 is 0 Å². The number of hydrogen-bond donors (Lipinski definition) is 0. The monoisotopic (exact) mass is 568 g/mol. The lowest BCUT2D eigenvalue weighted by Crippen LogP contribution is -2.40. The highest BCUT2D eigenvalue weighted by atomic mass is 32.2. The Kier molecular flexibility index (Phi) is 7.78. The molecule has 4 heterocycles. The average molecular weight is 569 g/mol. The molecule has 1 unspecified atom stereocenters. The van der Waals surface area contributed by atoms with Crippen molar-refractivity contribution >= 4 is 35.1 Å². The second-order valence-corrected chi connectivity index (χ2v) is 10.9. The van der Waals surface area contributed by atoms with E-state index in [-0.39, 0.29) is 17.9 Å². The fourth-order valence-electron chi connectivity index (χ4n) is 4.44. The Morgan fingerprint density at radius 1 is 1.13 bits per heavy atom. The molecule has 0 aliphatic carbocycles. The van der Waals surface area contributed by atoms with E-state index in [0.717, 1.165) is 48.2 Å². The van der Waals surface area contributed by atoms with Gasteiger partial charge in [-0.1, -0.05) is 23.0 Å². The second-order valence-electron chi connectivity index (χ2n) is 8.88. The predicted octanol–water partition coefficient (Wildman–Crippen LogP) is 6.20. The summed E-state index contributed by atoms with van der Waals surface area (Å²) in [5.41, 5.74) is 0.154. The fraction of sp³-hybridized carbons (Fsp3) is 0.360. The first-order chi connectivity index (χ1) is 18.2. The molecule has 38 heavy (non-hydrogen) atoms. The standard InChI is InChI=1S/C25H21F5N4O2S2/c26-16-2-1-3-17(27)23(16)20-10-18(33-36-20)19-13-37-24(32-19)14-6-8-34(9-7-14)22(12-35)38-21-5-4-15(11-31-21)25(28,29)30/h1-5,11-14,20,22H,6-10H2/t20-,22?/m1/s1. The number of carbonyl (C=O) groups excluding carboxylic acids is 1. The van der Waals surface area contributed by atoms with Gasteiger partial charge in [-0.15, -0.1) is 11.3 Å². The molecule has 1 fully saturated rings. The molecule has 0 spiro atoms. The molecule has 2 aromatic heterocycles. The maximum absolute atomic E-state index is 14.1. The lowest BCUT2D eigenvalue weighted by atomic mass is 9.97. The predicted molar refractivity (Wildman–Crippen MR) is 132 cm³/mol. The number of carbonyl (C=O) groups is 1. The maximum atomic E-state index is 14.1. The van der Waals surface area contributed by atoms with E-state index in [4.69, 9.17) is 9.82 Å². The number of aromatic nitrogens is 2. The van der Waals surface area contributed by atoms with Crippen LogP contribution in [0, 0.1) is 11.6 Å². The van der Waals surface area contributed by atoms with Crippen molar-refractivity contribution < 1.29 is 31.6 Å². The van der Waals surface area contributed by atoms with Crippen LogP contribution in [-0.4, -0.2) is 45.3 Å². The van der Waals surface area contributed by atoms with Crippen LogP contribution in [0.3, 0.4) is 0 Å². The van der Waals surface area contributed by atoms with Crippen molar-refractivity contribution in [2.45, 2.75) is 47.9 Å². The normalized spacial score (nSPS) is 19.7. The summed E-state index contributed by atoms with van der Waals surface area (Å²) in [4.78, 5) is 27.6. The van der Waals surface area contributed by atoms with Crippen molar-refractivity contribution in [1.82, 2.24) is 14.9 Å². The van der Waals surface area contributed by atoms with Crippen LogP contribution in [0.5, 0.6) is 0 Å². The number of halogens is 5. The zero-order valence-electron chi connectivity index (χ0n) is 19.7. The van der Waals surface area contributed by atoms with Crippen LogP contribution < -0.4 is 0 Å². The van der Waals surface area contributed by atoms with Crippen LogP contribution in [0.15, 0.2) is 52.1 Å². The molecular formula is C25H21F5N4O2S2. The number of oxime groups is 1. The van der Waals surface area contributed by atoms with Gasteiger partial charge in [-0.05, 0) is 37.1 Å². The van der Waals surface area contributed by atoms with E-state index in [1.54, 1.807) is 0 Å². The summed E-state index contributed by atoms with van der Waals surface area (Å²) in [5.74, 6) is -1.20. The molecule has 3 aromatic rings. The topological polar surface area (TPSA) is 67.7 Å². The summed E-state index contributed by atoms with van der Waals surface area (Å²) in [6.07, 6.45) is -2.08. The molecule has 1 saturated heterocycles. The van der Waals surface area contributed by atoms with Crippen molar-refractivity contribution in [3.63, 3.8) is 0 Å². The largest absolute Gasteiger partial charge is 0.417 e. The summed E-state index contributed by atoms with van der Waals surface area (Å²) in [6, 6.07) is 5.89. The number of hydrogen-bond acceptors (Lipinski definition) is 8. The van der Waals surface area contributed by atoms with Gasteiger partial charge >= 0.3 is 6.18 Å². The lowest BCUT2D eigenvalue weighted by molar-refractivity contribution is -0.137. The number of pyridine rings is 1. The summed E-state index contributed by atoms with van der Waals surface area (Å²) >= 11 is 2.59. The highest BCUT2D eigenvalue weighted by Gasteiger charge is 2.33. The van der Waals surface area contributed by atoms with E-state index in [9.17, 15) is 26.7 Å². The number of thiazole rings is 1. The molecule has 200 valence electrons. The second kappa shape index (κ2) is 11.1. The molecule has 0 amide bonds. The van der Waals surface area contributed by atoms with Gasteiger partial charge in [0.25, 0.3) is 0 Å². The molecule has 0 N–H and O–H groups in total. The quantitative estimate of drug-likeness (QED) is 0.192. The fourth-order valence-corrected chi connectivity index (χ4v) is 6.36. The highest BCUT2D eigenvalue weighted by Crippen LogP contribution is 2.37. The number of nitrogens with zero attached hydrogens (tertiary/aromatic N) is 4. The van der Waals surface area contributed by atoms with Crippen molar-refractivity contribution in [3.05, 3.63) is 75.4 Å². The molecule has 13 heteroatoms. The molecule has 2 aliphatic rings. The minimum Gasteiger partial charge on any atom is -0.387 e. The van der Waals surface area contributed by atoms with Crippen molar-refractivity contribution in [2.24, 2.45) is 5.16 Å². The van der Waals surface area contributed by atoms with E-state index in [0.29, 0.717) is 29.5 Å². The minimum atomic E-state index is -4.46. The van der Waals surface area contributed by atoms with Crippen LogP contribution in [0.1, 0.15) is 53.1 Å². The smallest absolute Gasteiger partial charge is 0.387 e.